The molecule has 1 saturated heterocycles. The molecule has 1 aromatic rings. The van der Waals surface area contributed by atoms with E-state index in [9.17, 15) is 9.90 Å². The van der Waals surface area contributed by atoms with Crippen molar-refractivity contribution in [1.29, 1.82) is 0 Å². The summed E-state index contributed by atoms with van der Waals surface area (Å²) in [6, 6.07) is 1.38. The van der Waals surface area contributed by atoms with Crippen molar-refractivity contribution in [2.75, 3.05) is 19.8 Å². The predicted octanol–water partition coefficient (Wildman–Crippen LogP) is 2.06. The van der Waals surface area contributed by atoms with Gasteiger partial charge < -0.3 is 14.6 Å². The fourth-order valence-corrected chi connectivity index (χ4v) is 2.39. The second kappa shape index (κ2) is 6.62. The molecule has 1 amide bonds. The van der Waals surface area contributed by atoms with Gasteiger partial charge in [0.1, 0.15) is 11.7 Å². The maximum absolute atomic E-state index is 12.3. The van der Waals surface area contributed by atoms with Crippen molar-refractivity contribution in [2.45, 2.75) is 45.4 Å². The molecule has 1 aromatic heterocycles. The van der Waals surface area contributed by atoms with E-state index in [-0.39, 0.29) is 6.61 Å². The Morgan fingerprint density at radius 1 is 1.50 bits per heavy atom. The zero-order chi connectivity index (χ0) is 16.3. The number of carbonyl (C=O) groups is 1. The Bertz CT molecular complexity index is 527. The quantitative estimate of drug-likeness (QED) is 0.905. The van der Waals surface area contributed by atoms with E-state index in [2.05, 4.69) is 4.98 Å². The number of amides is 1. The zero-order valence-electron chi connectivity index (χ0n) is 13.6. The van der Waals surface area contributed by atoms with E-state index in [1.807, 2.05) is 33.8 Å². The van der Waals surface area contributed by atoms with Gasteiger partial charge in [-0.1, -0.05) is 6.07 Å². The van der Waals surface area contributed by atoms with Crippen molar-refractivity contribution < 1.29 is 19.4 Å². The van der Waals surface area contributed by atoms with E-state index in [1.54, 1.807) is 17.3 Å². The average molecular weight is 308 g/mol. The highest BCUT2D eigenvalue weighted by atomic mass is 16.6. The number of hydrogen-bond acceptors (Lipinski definition) is 5. The van der Waals surface area contributed by atoms with Crippen molar-refractivity contribution in [3.05, 3.63) is 29.6 Å². The van der Waals surface area contributed by atoms with Crippen LogP contribution in [0.25, 0.3) is 0 Å². The Balaban J connectivity index is 2.17. The summed E-state index contributed by atoms with van der Waals surface area (Å²) in [7, 11) is 0. The van der Waals surface area contributed by atoms with Gasteiger partial charge in [0.25, 0.3) is 0 Å². The summed E-state index contributed by atoms with van der Waals surface area (Å²) in [6.45, 7) is 8.48. The van der Waals surface area contributed by atoms with Crippen molar-refractivity contribution in [2.24, 2.45) is 0 Å². The largest absolute Gasteiger partial charge is 0.444 e. The van der Waals surface area contributed by atoms with E-state index in [0.29, 0.717) is 18.7 Å². The van der Waals surface area contributed by atoms with Crippen LogP contribution in [0.3, 0.4) is 0 Å². The van der Waals surface area contributed by atoms with Crippen LogP contribution in [0.2, 0.25) is 0 Å². The van der Waals surface area contributed by atoms with Crippen LogP contribution in [0.5, 0.6) is 0 Å². The van der Waals surface area contributed by atoms with E-state index < -0.39 is 23.8 Å². The normalized spacial score (nSPS) is 20.6. The number of aliphatic hydroxyl groups is 1. The van der Waals surface area contributed by atoms with Gasteiger partial charge in [0.15, 0.2) is 0 Å². The molecule has 2 rings (SSSR count). The molecule has 1 N–H and O–H groups in total. The Hall–Kier alpha value is -1.66. The molecule has 22 heavy (non-hydrogen) atoms. The predicted molar refractivity (Wildman–Crippen MR) is 81.5 cm³/mol. The first-order valence-electron chi connectivity index (χ1n) is 7.45. The van der Waals surface area contributed by atoms with Gasteiger partial charge in [-0.15, -0.1) is 0 Å². The molecule has 0 aliphatic carbocycles. The summed E-state index contributed by atoms with van der Waals surface area (Å²) in [4.78, 5) is 18.0. The lowest BCUT2D eigenvalue weighted by Crippen LogP contribution is -2.52. The maximum atomic E-state index is 12.3. The number of rotatable bonds is 2. The number of aromatic nitrogens is 1. The summed E-state index contributed by atoms with van der Waals surface area (Å²) < 4.78 is 10.9. The van der Waals surface area contributed by atoms with E-state index in [0.717, 1.165) is 5.56 Å². The number of aryl methyl sites for hydroxylation is 1. The number of nitrogens with zero attached hydrogens (tertiary/aromatic N) is 2. The van der Waals surface area contributed by atoms with Gasteiger partial charge in [-0.25, -0.2) is 4.79 Å². The van der Waals surface area contributed by atoms with Crippen LogP contribution in [-0.2, 0) is 9.47 Å². The number of morpholine rings is 1. The summed E-state index contributed by atoms with van der Waals surface area (Å²) >= 11 is 0. The van der Waals surface area contributed by atoms with Crippen LogP contribution in [0.1, 0.15) is 38.0 Å². The fourth-order valence-electron chi connectivity index (χ4n) is 2.39. The number of carbonyl (C=O) groups excluding carboxylic acids is 1. The first-order valence-corrected chi connectivity index (χ1v) is 7.45. The lowest BCUT2D eigenvalue weighted by atomic mass is 10.0. The van der Waals surface area contributed by atoms with Gasteiger partial charge in [0, 0.05) is 24.5 Å². The van der Waals surface area contributed by atoms with Crippen LogP contribution >= 0.6 is 0 Å². The van der Waals surface area contributed by atoms with E-state index >= 15 is 0 Å². The average Bonchev–Trinajstić information content (AvgIpc) is 2.44. The minimum Gasteiger partial charge on any atom is -0.444 e. The smallest absolute Gasteiger partial charge is 0.410 e. The third-order valence-electron chi connectivity index (χ3n) is 3.40. The maximum Gasteiger partial charge on any atom is 0.410 e. The molecule has 1 aliphatic heterocycles. The topological polar surface area (TPSA) is 71.9 Å². The van der Waals surface area contributed by atoms with Crippen LogP contribution in [-0.4, -0.2) is 52.5 Å². The summed E-state index contributed by atoms with van der Waals surface area (Å²) in [5.41, 5.74) is 1.05. The molecule has 1 fully saturated rings. The molecule has 1 aliphatic rings. The molecule has 0 saturated carbocycles. The number of hydrogen-bond donors (Lipinski definition) is 1. The molecule has 0 spiro atoms. The van der Waals surface area contributed by atoms with Gasteiger partial charge in [-0.05, 0) is 33.3 Å². The van der Waals surface area contributed by atoms with Crippen molar-refractivity contribution >= 4 is 6.09 Å². The van der Waals surface area contributed by atoms with Gasteiger partial charge >= 0.3 is 6.09 Å². The molecule has 6 heteroatoms. The SMILES string of the molecule is Cc1cncc(C(O)C2COCCN2C(=O)OC(C)(C)C)c1. The van der Waals surface area contributed by atoms with Crippen molar-refractivity contribution in [1.82, 2.24) is 9.88 Å². The Morgan fingerprint density at radius 2 is 2.23 bits per heavy atom. The molecule has 2 atom stereocenters. The number of ether oxygens (including phenoxy) is 2. The van der Waals surface area contributed by atoms with Gasteiger partial charge in [-0.3, -0.25) is 9.88 Å². The first-order chi connectivity index (χ1) is 10.3. The second-order valence-corrected chi connectivity index (χ2v) is 6.56. The highest BCUT2D eigenvalue weighted by molar-refractivity contribution is 5.68. The second-order valence-electron chi connectivity index (χ2n) is 6.56. The Morgan fingerprint density at radius 3 is 2.86 bits per heavy atom. The Labute approximate surface area is 131 Å². The minimum absolute atomic E-state index is 0.272. The highest BCUT2D eigenvalue weighted by Crippen LogP contribution is 2.25. The molecule has 2 heterocycles. The first kappa shape index (κ1) is 16.7. The fraction of sp³-hybridized carbons (Fsp3) is 0.625. The third-order valence-corrected chi connectivity index (χ3v) is 3.40. The molecule has 2 unspecified atom stereocenters. The lowest BCUT2D eigenvalue weighted by molar-refractivity contribution is -0.0673. The molecule has 122 valence electrons. The molecule has 0 aromatic carbocycles. The number of pyridine rings is 1. The highest BCUT2D eigenvalue weighted by Gasteiger charge is 2.36. The van der Waals surface area contributed by atoms with E-state index in [4.69, 9.17) is 9.47 Å². The van der Waals surface area contributed by atoms with Crippen molar-refractivity contribution in [3.63, 3.8) is 0 Å². The monoisotopic (exact) mass is 308 g/mol. The zero-order valence-corrected chi connectivity index (χ0v) is 13.6. The molecule has 6 nitrogen and oxygen atoms in total. The van der Waals surface area contributed by atoms with E-state index in [1.165, 1.54) is 0 Å². The standard InChI is InChI=1S/C16H24N2O4/c1-11-7-12(9-17-8-11)14(19)13-10-21-6-5-18(13)15(20)22-16(2,3)4/h7-9,13-14,19H,5-6,10H2,1-4H3. The number of aliphatic hydroxyl groups excluding tert-OH is 1. The van der Waals surface area contributed by atoms with Crippen LogP contribution in [0.15, 0.2) is 18.5 Å². The summed E-state index contributed by atoms with van der Waals surface area (Å²) in [5.74, 6) is 0. The molecular weight excluding hydrogens is 284 g/mol. The van der Waals surface area contributed by atoms with Crippen LogP contribution < -0.4 is 0 Å². The molecular formula is C16H24N2O4. The Kier molecular flexibility index (Phi) is 5.03. The molecule has 0 radical (unpaired) electrons. The van der Waals surface area contributed by atoms with Gasteiger partial charge in [0.05, 0.1) is 19.3 Å². The molecule has 0 bridgehead atoms. The van der Waals surface area contributed by atoms with Gasteiger partial charge in [-0.2, -0.15) is 0 Å². The minimum atomic E-state index is -0.861. The van der Waals surface area contributed by atoms with Gasteiger partial charge in [0.2, 0.25) is 0 Å². The van der Waals surface area contributed by atoms with Crippen LogP contribution in [0.4, 0.5) is 4.79 Å². The summed E-state index contributed by atoms with van der Waals surface area (Å²) in [5, 5.41) is 10.6. The lowest BCUT2D eigenvalue weighted by Gasteiger charge is -2.38. The van der Waals surface area contributed by atoms with Crippen LogP contribution in [0, 0.1) is 6.92 Å². The summed E-state index contributed by atoms with van der Waals surface area (Å²) in [6.07, 6.45) is 2.04. The third kappa shape index (κ3) is 4.18. The van der Waals surface area contributed by atoms with Crippen molar-refractivity contribution in [3.8, 4) is 0 Å².